The second kappa shape index (κ2) is 5.58. The van der Waals surface area contributed by atoms with Crippen molar-refractivity contribution in [2.75, 3.05) is 39.1 Å². The highest BCUT2D eigenvalue weighted by atomic mass is 32.2. The SMILES string of the molecule is Cc1ncsc1CN1C[C@@H]2COC[C@]2(CNS(C)(=O)=O)C1. The van der Waals surface area contributed by atoms with E-state index in [4.69, 9.17) is 4.74 Å². The first-order valence-corrected chi connectivity index (χ1v) is 9.79. The maximum Gasteiger partial charge on any atom is 0.208 e. The highest BCUT2D eigenvalue weighted by molar-refractivity contribution is 7.88. The van der Waals surface area contributed by atoms with Gasteiger partial charge >= 0.3 is 0 Å². The molecule has 0 unspecified atom stereocenters. The van der Waals surface area contributed by atoms with Crippen LogP contribution in [0.1, 0.15) is 10.6 Å². The number of aryl methyl sites for hydroxylation is 1. The Morgan fingerprint density at radius 2 is 2.43 bits per heavy atom. The van der Waals surface area contributed by atoms with E-state index in [2.05, 4.69) is 14.6 Å². The van der Waals surface area contributed by atoms with Crippen LogP contribution in [0.4, 0.5) is 0 Å². The first-order valence-electron chi connectivity index (χ1n) is 7.02. The lowest BCUT2D eigenvalue weighted by atomic mass is 9.81. The zero-order chi connectivity index (χ0) is 15.1. The van der Waals surface area contributed by atoms with Crippen LogP contribution in [0.3, 0.4) is 0 Å². The number of hydrogen-bond donors (Lipinski definition) is 1. The molecule has 2 saturated heterocycles. The second-order valence-corrected chi connectivity index (χ2v) is 8.97. The Morgan fingerprint density at radius 3 is 3.10 bits per heavy atom. The topological polar surface area (TPSA) is 71.5 Å². The van der Waals surface area contributed by atoms with Crippen LogP contribution in [0.5, 0.6) is 0 Å². The summed E-state index contributed by atoms with van der Waals surface area (Å²) in [4.78, 5) is 7.99. The third kappa shape index (κ3) is 3.29. The van der Waals surface area contributed by atoms with Gasteiger partial charge in [0.2, 0.25) is 10.0 Å². The van der Waals surface area contributed by atoms with E-state index in [-0.39, 0.29) is 5.41 Å². The van der Waals surface area contributed by atoms with E-state index in [1.807, 2.05) is 12.4 Å². The molecule has 3 heterocycles. The third-order valence-corrected chi connectivity index (χ3v) is 6.08. The van der Waals surface area contributed by atoms with Crippen LogP contribution in [0, 0.1) is 18.3 Å². The van der Waals surface area contributed by atoms with E-state index < -0.39 is 10.0 Å². The maximum atomic E-state index is 11.4. The van der Waals surface area contributed by atoms with Gasteiger partial charge in [-0.25, -0.2) is 18.1 Å². The number of aromatic nitrogens is 1. The molecule has 21 heavy (non-hydrogen) atoms. The van der Waals surface area contributed by atoms with Crippen molar-refractivity contribution in [3.8, 4) is 0 Å². The van der Waals surface area contributed by atoms with E-state index in [9.17, 15) is 8.42 Å². The molecule has 2 fully saturated rings. The Bertz CT molecular complexity index is 616. The van der Waals surface area contributed by atoms with Gasteiger partial charge in [-0.1, -0.05) is 0 Å². The van der Waals surface area contributed by atoms with Gasteiger partial charge in [-0.05, 0) is 6.92 Å². The molecule has 0 radical (unpaired) electrons. The molecule has 0 spiro atoms. The molecule has 2 atom stereocenters. The molecule has 0 amide bonds. The predicted molar refractivity (Wildman–Crippen MR) is 81.7 cm³/mol. The van der Waals surface area contributed by atoms with Crippen molar-refractivity contribution in [1.82, 2.24) is 14.6 Å². The van der Waals surface area contributed by atoms with Crippen LogP contribution in [-0.4, -0.2) is 57.4 Å². The normalized spacial score (nSPS) is 29.9. The summed E-state index contributed by atoms with van der Waals surface area (Å²) in [7, 11) is -3.16. The standard InChI is InChI=1S/C13H21N3O3S2/c1-10-12(20-9-14-10)4-16-3-11-5-19-8-13(11,7-16)6-15-21(2,17)18/h9,11,15H,3-8H2,1-2H3/t11-,13+/m1/s1. The molecule has 0 aliphatic carbocycles. The number of hydrogen-bond acceptors (Lipinski definition) is 6. The van der Waals surface area contributed by atoms with Crippen LogP contribution >= 0.6 is 11.3 Å². The number of nitrogens with zero attached hydrogens (tertiary/aromatic N) is 2. The highest BCUT2D eigenvalue weighted by Gasteiger charge is 2.50. The average molecular weight is 331 g/mol. The van der Waals surface area contributed by atoms with Gasteiger partial charge in [0.15, 0.2) is 0 Å². The lowest BCUT2D eigenvalue weighted by Gasteiger charge is -2.27. The highest BCUT2D eigenvalue weighted by Crippen LogP contribution is 2.41. The second-order valence-electron chi connectivity index (χ2n) is 6.20. The zero-order valence-corrected chi connectivity index (χ0v) is 14.0. The first kappa shape index (κ1) is 15.4. The Labute approximate surface area is 129 Å². The fourth-order valence-corrected chi connectivity index (χ4v) is 4.64. The molecule has 0 bridgehead atoms. The molecular formula is C13H21N3O3S2. The van der Waals surface area contributed by atoms with Gasteiger partial charge in [-0.15, -0.1) is 11.3 Å². The van der Waals surface area contributed by atoms with Gasteiger partial charge in [-0.3, -0.25) is 4.90 Å². The molecule has 0 aromatic carbocycles. The van der Waals surface area contributed by atoms with Gasteiger partial charge in [0.05, 0.1) is 30.7 Å². The number of ether oxygens (including phenoxy) is 1. The number of thiazole rings is 1. The molecule has 1 aromatic rings. The first-order chi connectivity index (χ1) is 9.88. The van der Waals surface area contributed by atoms with Crippen molar-refractivity contribution in [1.29, 1.82) is 0 Å². The van der Waals surface area contributed by atoms with Crippen molar-refractivity contribution < 1.29 is 13.2 Å². The van der Waals surface area contributed by atoms with Gasteiger partial charge in [-0.2, -0.15) is 0 Å². The summed E-state index contributed by atoms with van der Waals surface area (Å²) in [6.07, 6.45) is 1.21. The van der Waals surface area contributed by atoms with E-state index in [1.54, 1.807) is 11.3 Å². The maximum absolute atomic E-state index is 11.4. The zero-order valence-electron chi connectivity index (χ0n) is 12.3. The minimum Gasteiger partial charge on any atom is -0.380 e. The fourth-order valence-electron chi connectivity index (χ4n) is 3.27. The summed E-state index contributed by atoms with van der Waals surface area (Å²) in [5.74, 6) is 0.403. The smallest absolute Gasteiger partial charge is 0.208 e. The number of fused-ring (bicyclic) bond motifs is 1. The molecule has 2 aliphatic heterocycles. The van der Waals surface area contributed by atoms with Crippen LogP contribution in [0.2, 0.25) is 0 Å². The molecular weight excluding hydrogens is 310 g/mol. The molecule has 3 rings (SSSR count). The minimum absolute atomic E-state index is 0.0817. The number of sulfonamides is 1. The summed E-state index contributed by atoms with van der Waals surface area (Å²) in [5, 5.41) is 0. The van der Waals surface area contributed by atoms with E-state index in [0.717, 1.165) is 31.9 Å². The summed E-state index contributed by atoms with van der Waals surface area (Å²) >= 11 is 1.69. The third-order valence-electron chi connectivity index (χ3n) is 4.49. The Kier molecular flexibility index (Phi) is 4.08. The van der Waals surface area contributed by atoms with Gasteiger partial charge in [0, 0.05) is 42.4 Å². The number of likely N-dealkylation sites (tertiary alicyclic amines) is 1. The minimum atomic E-state index is -3.16. The van der Waals surface area contributed by atoms with E-state index in [0.29, 0.717) is 19.1 Å². The molecule has 1 aromatic heterocycles. The summed E-state index contributed by atoms with van der Waals surface area (Å²) < 4.78 is 31.1. The number of rotatable bonds is 5. The predicted octanol–water partition coefficient (Wildman–Crippen LogP) is 0.449. The lowest BCUT2D eigenvalue weighted by Crippen LogP contribution is -2.42. The van der Waals surface area contributed by atoms with Crippen molar-refractivity contribution in [3.63, 3.8) is 0 Å². The quantitative estimate of drug-likeness (QED) is 0.848. The molecule has 2 aliphatic rings. The van der Waals surface area contributed by atoms with Gasteiger partial charge < -0.3 is 4.74 Å². The summed E-state index contributed by atoms with van der Waals surface area (Å²) in [6, 6.07) is 0. The van der Waals surface area contributed by atoms with Crippen LogP contribution in [-0.2, 0) is 21.3 Å². The fraction of sp³-hybridized carbons (Fsp3) is 0.769. The lowest BCUT2D eigenvalue weighted by molar-refractivity contribution is 0.128. The Balaban J connectivity index is 1.68. The molecule has 8 heteroatoms. The van der Waals surface area contributed by atoms with Crippen LogP contribution in [0.25, 0.3) is 0 Å². The van der Waals surface area contributed by atoms with Crippen molar-refractivity contribution in [2.45, 2.75) is 13.5 Å². The Morgan fingerprint density at radius 1 is 1.62 bits per heavy atom. The van der Waals surface area contributed by atoms with Gasteiger partial charge in [0.1, 0.15) is 0 Å². The van der Waals surface area contributed by atoms with Crippen LogP contribution in [0.15, 0.2) is 5.51 Å². The van der Waals surface area contributed by atoms with E-state index in [1.165, 1.54) is 11.1 Å². The monoisotopic (exact) mass is 331 g/mol. The molecule has 1 N–H and O–H groups in total. The Hall–Kier alpha value is -0.540. The number of nitrogens with one attached hydrogen (secondary N) is 1. The van der Waals surface area contributed by atoms with Crippen molar-refractivity contribution >= 4 is 21.4 Å². The van der Waals surface area contributed by atoms with Gasteiger partial charge in [0.25, 0.3) is 0 Å². The largest absolute Gasteiger partial charge is 0.380 e. The summed E-state index contributed by atoms with van der Waals surface area (Å²) in [6.45, 7) is 6.59. The summed E-state index contributed by atoms with van der Waals surface area (Å²) in [5.41, 5.74) is 2.89. The molecule has 0 saturated carbocycles. The van der Waals surface area contributed by atoms with E-state index >= 15 is 0 Å². The van der Waals surface area contributed by atoms with Crippen molar-refractivity contribution in [2.24, 2.45) is 11.3 Å². The van der Waals surface area contributed by atoms with Crippen molar-refractivity contribution in [3.05, 3.63) is 16.1 Å². The molecule has 6 nitrogen and oxygen atoms in total. The average Bonchev–Trinajstić information content (AvgIpc) is 3.02. The molecule has 118 valence electrons. The van der Waals surface area contributed by atoms with Crippen LogP contribution < -0.4 is 4.72 Å².